The van der Waals surface area contributed by atoms with Gasteiger partial charge in [-0.2, -0.15) is 0 Å². The Bertz CT molecular complexity index is 781. The number of nitro benzene ring substituents is 1. The summed E-state index contributed by atoms with van der Waals surface area (Å²) in [7, 11) is 1.70. The van der Waals surface area contributed by atoms with Gasteiger partial charge in [-0.15, -0.1) is 0 Å². The molecule has 150 valence electrons. The van der Waals surface area contributed by atoms with E-state index in [0.717, 1.165) is 37.5 Å². The van der Waals surface area contributed by atoms with Gasteiger partial charge in [-0.25, -0.2) is 0 Å². The molecule has 28 heavy (non-hydrogen) atoms. The fraction of sp³-hybridized carbons (Fsp3) is 0.600. The van der Waals surface area contributed by atoms with Crippen LogP contribution in [0, 0.1) is 33.8 Å². The fourth-order valence-electron chi connectivity index (χ4n) is 5.89. The zero-order chi connectivity index (χ0) is 19.9. The predicted molar refractivity (Wildman–Crippen MR) is 102 cm³/mol. The molecule has 4 bridgehead atoms. The number of anilines is 1. The third-order valence-corrected chi connectivity index (χ3v) is 6.98. The topological polar surface area (TPSA) is 111 Å². The summed E-state index contributed by atoms with van der Waals surface area (Å²) < 4.78 is 5.98. The van der Waals surface area contributed by atoms with Gasteiger partial charge < -0.3 is 15.4 Å². The lowest BCUT2D eigenvalue weighted by molar-refractivity contribution is -0.383. The largest absolute Gasteiger partial charge is 0.376 e. The highest BCUT2D eigenvalue weighted by Crippen LogP contribution is 2.59. The maximum Gasteiger partial charge on any atom is 0.313 e. The molecular formula is C20H25N3O5. The monoisotopic (exact) mass is 387 g/mol. The third-order valence-electron chi connectivity index (χ3n) is 6.98. The first-order valence-corrected chi connectivity index (χ1v) is 9.80. The zero-order valence-corrected chi connectivity index (χ0v) is 15.8. The van der Waals surface area contributed by atoms with Crippen LogP contribution in [0.15, 0.2) is 24.3 Å². The van der Waals surface area contributed by atoms with Crippen molar-refractivity contribution in [3.63, 3.8) is 0 Å². The van der Waals surface area contributed by atoms with Gasteiger partial charge in [0.05, 0.1) is 10.5 Å². The van der Waals surface area contributed by atoms with Crippen molar-refractivity contribution in [1.82, 2.24) is 5.32 Å². The van der Waals surface area contributed by atoms with Crippen LogP contribution in [-0.4, -0.2) is 36.0 Å². The van der Waals surface area contributed by atoms with Crippen LogP contribution in [-0.2, 0) is 14.3 Å². The molecule has 5 rings (SSSR count). The van der Waals surface area contributed by atoms with Crippen LogP contribution in [0.25, 0.3) is 0 Å². The van der Waals surface area contributed by atoms with Crippen molar-refractivity contribution >= 4 is 23.2 Å². The Morgan fingerprint density at radius 3 is 2.29 bits per heavy atom. The molecule has 0 aliphatic heterocycles. The molecule has 2 amide bonds. The van der Waals surface area contributed by atoms with Crippen LogP contribution < -0.4 is 10.6 Å². The first-order chi connectivity index (χ1) is 13.4. The van der Waals surface area contributed by atoms with Crippen molar-refractivity contribution in [3.05, 3.63) is 34.4 Å². The quantitative estimate of drug-likeness (QED) is 0.458. The SMILES string of the molecule is COC1(CNC(=O)C(=O)Nc2ccccc2[N+](=O)[O-])C2CC3CC(C2)CC1C3. The normalized spacial score (nSPS) is 32.8. The Morgan fingerprint density at radius 2 is 1.71 bits per heavy atom. The van der Waals surface area contributed by atoms with Crippen molar-refractivity contribution in [1.29, 1.82) is 0 Å². The molecule has 4 saturated carbocycles. The summed E-state index contributed by atoms with van der Waals surface area (Å²) in [5.41, 5.74) is -0.663. The molecular weight excluding hydrogens is 362 g/mol. The van der Waals surface area contributed by atoms with Crippen LogP contribution in [0.1, 0.15) is 32.1 Å². The molecule has 0 radical (unpaired) electrons. The number of amides is 2. The number of carbonyl (C=O) groups is 2. The molecule has 4 aliphatic carbocycles. The van der Waals surface area contributed by atoms with Crippen molar-refractivity contribution in [2.24, 2.45) is 23.7 Å². The molecule has 0 atom stereocenters. The summed E-state index contributed by atoms with van der Waals surface area (Å²) in [6.45, 7) is 0.293. The van der Waals surface area contributed by atoms with Gasteiger partial charge in [0.1, 0.15) is 5.69 Å². The molecule has 1 aromatic carbocycles. The van der Waals surface area contributed by atoms with Crippen molar-refractivity contribution in [3.8, 4) is 0 Å². The molecule has 1 aromatic rings. The summed E-state index contributed by atoms with van der Waals surface area (Å²) >= 11 is 0. The number of nitrogens with zero attached hydrogens (tertiary/aromatic N) is 1. The second-order valence-electron chi connectivity index (χ2n) is 8.37. The number of hydrogen-bond acceptors (Lipinski definition) is 5. The fourth-order valence-corrected chi connectivity index (χ4v) is 5.89. The molecule has 2 N–H and O–H groups in total. The van der Waals surface area contributed by atoms with Gasteiger partial charge >= 0.3 is 11.8 Å². The van der Waals surface area contributed by atoms with Gasteiger partial charge in [0.15, 0.2) is 0 Å². The van der Waals surface area contributed by atoms with Crippen LogP contribution in [0.2, 0.25) is 0 Å². The highest BCUT2D eigenvalue weighted by molar-refractivity contribution is 6.39. The maximum atomic E-state index is 12.4. The second kappa shape index (κ2) is 7.16. The Kier molecular flexibility index (Phi) is 4.82. The van der Waals surface area contributed by atoms with E-state index in [1.165, 1.54) is 24.6 Å². The average Bonchev–Trinajstić information content (AvgIpc) is 2.67. The summed E-state index contributed by atoms with van der Waals surface area (Å²) in [4.78, 5) is 35.1. The van der Waals surface area contributed by atoms with Crippen LogP contribution >= 0.6 is 0 Å². The van der Waals surface area contributed by atoms with Crippen molar-refractivity contribution in [2.75, 3.05) is 19.0 Å². The van der Waals surface area contributed by atoms with E-state index in [4.69, 9.17) is 4.74 Å². The Balaban J connectivity index is 1.41. The molecule has 4 fully saturated rings. The Morgan fingerprint density at radius 1 is 1.11 bits per heavy atom. The van der Waals surface area contributed by atoms with Crippen LogP contribution in [0.3, 0.4) is 0 Å². The first kappa shape index (κ1) is 18.9. The van der Waals surface area contributed by atoms with Gasteiger partial charge in [-0.05, 0) is 61.8 Å². The molecule has 0 heterocycles. The van der Waals surface area contributed by atoms with Crippen molar-refractivity contribution in [2.45, 2.75) is 37.7 Å². The lowest BCUT2D eigenvalue weighted by Gasteiger charge is -2.60. The number of ether oxygens (including phenoxy) is 1. The predicted octanol–water partition coefficient (Wildman–Crippen LogP) is 2.49. The van der Waals surface area contributed by atoms with Gasteiger partial charge in [0.2, 0.25) is 0 Å². The zero-order valence-electron chi connectivity index (χ0n) is 15.8. The minimum absolute atomic E-state index is 0.00345. The van der Waals surface area contributed by atoms with E-state index in [-0.39, 0.29) is 11.4 Å². The van der Waals surface area contributed by atoms with Crippen LogP contribution in [0.4, 0.5) is 11.4 Å². The second-order valence-corrected chi connectivity index (χ2v) is 8.37. The summed E-state index contributed by atoms with van der Waals surface area (Å²) in [6, 6.07) is 5.75. The number of hydrogen-bond donors (Lipinski definition) is 2. The molecule has 0 spiro atoms. The van der Waals surface area contributed by atoms with Crippen molar-refractivity contribution < 1.29 is 19.2 Å². The lowest BCUT2D eigenvalue weighted by atomic mass is 9.49. The van der Waals surface area contributed by atoms with Gasteiger partial charge in [-0.3, -0.25) is 19.7 Å². The number of nitro groups is 1. The molecule has 0 saturated heterocycles. The number of carbonyl (C=O) groups excluding carboxylic acids is 2. The first-order valence-electron chi connectivity index (χ1n) is 9.80. The number of benzene rings is 1. The molecule has 8 nitrogen and oxygen atoms in total. The van der Waals surface area contributed by atoms with Gasteiger partial charge in [-0.1, -0.05) is 12.1 Å². The van der Waals surface area contributed by atoms with E-state index in [2.05, 4.69) is 10.6 Å². The Labute approximate surface area is 163 Å². The number of nitrogens with one attached hydrogen (secondary N) is 2. The van der Waals surface area contributed by atoms with Crippen LogP contribution in [0.5, 0.6) is 0 Å². The molecule has 0 aromatic heterocycles. The van der Waals surface area contributed by atoms with E-state index < -0.39 is 22.3 Å². The number of para-hydroxylation sites is 2. The van der Waals surface area contributed by atoms with E-state index in [9.17, 15) is 19.7 Å². The minimum atomic E-state index is -0.913. The molecule has 8 heteroatoms. The minimum Gasteiger partial charge on any atom is -0.376 e. The van der Waals surface area contributed by atoms with E-state index in [1.54, 1.807) is 13.2 Å². The van der Waals surface area contributed by atoms with E-state index >= 15 is 0 Å². The summed E-state index contributed by atoms with van der Waals surface area (Å²) in [5.74, 6) is 0.638. The smallest absolute Gasteiger partial charge is 0.313 e. The number of methoxy groups -OCH3 is 1. The summed E-state index contributed by atoms with van der Waals surface area (Å²) in [5, 5.41) is 16.1. The van der Waals surface area contributed by atoms with Gasteiger partial charge in [0, 0.05) is 19.7 Å². The highest BCUT2D eigenvalue weighted by atomic mass is 16.6. The average molecular weight is 387 g/mol. The third kappa shape index (κ3) is 3.15. The lowest BCUT2D eigenvalue weighted by Crippen LogP contribution is -2.63. The number of rotatable bonds is 5. The Hall–Kier alpha value is -2.48. The maximum absolute atomic E-state index is 12.4. The molecule has 4 aliphatic rings. The van der Waals surface area contributed by atoms with E-state index in [0.29, 0.717) is 18.4 Å². The van der Waals surface area contributed by atoms with Gasteiger partial charge in [0.25, 0.3) is 5.69 Å². The highest BCUT2D eigenvalue weighted by Gasteiger charge is 2.57. The standard InChI is InChI=1S/C20H25N3O5/c1-28-20(14-7-12-6-13(9-14)10-15(20)8-12)11-21-18(24)19(25)22-16-4-2-3-5-17(16)23(26)27/h2-5,12-15H,6-11H2,1H3,(H,21,24)(H,22,25). The summed E-state index contributed by atoms with van der Waals surface area (Å²) in [6.07, 6.45) is 5.81. The van der Waals surface area contributed by atoms with E-state index in [1.807, 2.05) is 0 Å². The molecule has 0 unspecified atom stereocenters.